The van der Waals surface area contributed by atoms with Gasteiger partial charge in [0.25, 0.3) is 0 Å². The van der Waals surface area contributed by atoms with Crippen LogP contribution in [-0.4, -0.2) is 7.05 Å². The van der Waals surface area contributed by atoms with Crippen molar-refractivity contribution in [3.8, 4) is 0 Å². The summed E-state index contributed by atoms with van der Waals surface area (Å²) in [5, 5.41) is 4.39. The minimum atomic E-state index is 0.380. The molecule has 1 nitrogen and oxygen atoms in total. The third-order valence-electron chi connectivity index (χ3n) is 4.05. The Morgan fingerprint density at radius 1 is 1.10 bits per heavy atom. The number of halogens is 2. The molecule has 1 N–H and O–H groups in total. The standard InChI is InChI=1S/C18H17Cl2N/c1-21-11-13-6-8-15(16-5-3-2-4-14(13)16)12-7-9-17(19)18(20)10-12/h2-5,7,9-11,15,21H,6,8H2,1H3/b13-11+. The van der Waals surface area contributed by atoms with Crippen LogP contribution >= 0.6 is 23.2 Å². The summed E-state index contributed by atoms with van der Waals surface area (Å²) in [5.74, 6) is 0.380. The Bertz CT molecular complexity index is 691. The van der Waals surface area contributed by atoms with Crippen molar-refractivity contribution in [3.63, 3.8) is 0 Å². The normalized spacial score (nSPS) is 19.4. The van der Waals surface area contributed by atoms with Gasteiger partial charge in [-0.15, -0.1) is 0 Å². The van der Waals surface area contributed by atoms with Gasteiger partial charge in [-0.2, -0.15) is 0 Å². The minimum Gasteiger partial charge on any atom is -0.394 e. The SMILES string of the molecule is CN/C=C1\CCC(c2ccc(Cl)c(Cl)c2)c2ccccc21. The van der Waals surface area contributed by atoms with Crippen LogP contribution in [0.4, 0.5) is 0 Å². The van der Waals surface area contributed by atoms with Gasteiger partial charge in [-0.25, -0.2) is 0 Å². The number of rotatable bonds is 2. The van der Waals surface area contributed by atoms with Gasteiger partial charge >= 0.3 is 0 Å². The van der Waals surface area contributed by atoms with E-state index in [4.69, 9.17) is 23.2 Å². The summed E-state index contributed by atoms with van der Waals surface area (Å²) >= 11 is 12.2. The van der Waals surface area contributed by atoms with Crippen LogP contribution in [0.25, 0.3) is 5.57 Å². The summed E-state index contributed by atoms with van der Waals surface area (Å²) < 4.78 is 0. The van der Waals surface area contributed by atoms with Crippen LogP contribution in [-0.2, 0) is 0 Å². The molecule has 0 heterocycles. The molecule has 2 aromatic rings. The van der Waals surface area contributed by atoms with Crippen LogP contribution in [0, 0.1) is 0 Å². The van der Waals surface area contributed by atoms with Gasteiger partial charge in [0.15, 0.2) is 0 Å². The van der Waals surface area contributed by atoms with E-state index in [0.717, 1.165) is 12.8 Å². The molecule has 0 bridgehead atoms. The molecule has 1 unspecified atom stereocenters. The first-order chi connectivity index (χ1) is 10.2. The maximum absolute atomic E-state index is 6.19. The molecule has 21 heavy (non-hydrogen) atoms. The smallest absolute Gasteiger partial charge is 0.0595 e. The molecule has 1 aliphatic carbocycles. The van der Waals surface area contributed by atoms with E-state index in [1.165, 1.54) is 22.3 Å². The fourth-order valence-corrected chi connectivity index (χ4v) is 3.39. The van der Waals surface area contributed by atoms with Gasteiger partial charge in [-0.1, -0.05) is 53.5 Å². The highest BCUT2D eigenvalue weighted by Crippen LogP contribution is 2.42. The lowest BCUT2D eigenvalue weighted by Gasteiger charge is -2.28. The first kappa shape index (κ1) is 14.5. The van der Waals surface area contributed by atoms with Gasteiger partial charge in [0.2, 0.25) is 0 Å². The average molecular weight is 318 g/mol. The molecule has 0 saturated heterocycles. The summed E-state index contributed by atoms with van der Waals surface area (Å²) in [6.45, 7) is 0. The largest absolute Gasteiger partial charge is 0.394 e. The van der Waals surface area contributed by atoms with Crippen LogP contribution in [0.5, 0.6) is 0 Å². The van der Waals surface area contributed by atoms with Crippen molar-refractivity contribution in [2.75, 3.05) is 7.05 Å². The zero-order valence-electron chi connectivity index (χ0n) is 11.9. The number of benzene rings is 2. The predicted octanol–water partition coefficient (Wildman–Crippen LogP) is 5.48. The van der Waals surface area contributed by atoms with E-state index in [9.17, 15) is 0 Å². The van der Waals surface area contributed by atoms with E-state index in [0.29, 0.717) is 16.0 Å². The molecule has 2 aromatic carbocycles. The number of allylic oxidation sites excluding steroid dienone is 1. The summed E-state index contributed by atoms with van der Waals surface area (Å²) in [5.41, 5.74) is 5.29. The Hall–Kier alpha value is -1.44. The topological polar surface area (TPSA) is 12.0 Å². The molecule has 1 atom stereocenters. The van der Waals surface area contributed by atoms with E-state index in [1.807, 2.05) is 19.2 Å². The fourth-order valence-electron chi connectivity index (χ4n) is 3.08. The predicted molar refractivity (Wildman–Crippen MR) is 91.0 cm³/mol. The number of hydrogen-bond acceptors (Lipinski definition) is 1. The van der Waals surface area contributed by atoms with Gasteiger partial charge < -0.3 is 5.32 Å². The number of fused-ring (bicyclic) bond motifs is 1. The second kappa shape index (κ2) is 6.13. The Morgan fingerprint density at radius 2 is 1.90 bits per heavy atom. The van der Waals surface area contributed by atoms with Crippen molar-refractivity contribution < 1.29 is 0 Å². The molecule has 0 amide bonds. The summed E-state index contributed by atoms with van der Waals surface area (Å²) in [6, 6.07) is 14.6. The van der Waals surface area contributed by atoms with Crippen LogP contribution < -0.4 is 5.32 Å². The number of nitrogens with one attached hydrogen (secondary N) is 1. The van der Waals surface area contributed by atoms with Gasteiger partial charge in [-0.05, 0) is 47.2 Å². The van der Waals surface area contributed by atoms with Crippen molar-refractivity contribution in [3.05, 3.63) is 75.4 Å². The lowest BCUT2D eigenvalue weighted by Crippen LogP contribution is -2.11. The quantitative estimate of drug-likeness (QED) is 0.773. The summed E-state index contributed by atoms with van der Waals surface area (Å²) in [4.78, 5) is 0. The summed E-state index contributed by atoms with van der Waals surface area (Å²) in [6.07, 6.45) is 4.25. The molecule has 108 valence electrons. The van der Waals surface area contributed by atoms with Crippen molar-refractivity contribution in [1.82, 2.24) is 5.32 Å². The van der Waals surface area contributed by atoms with Crippen LogP contribution in [0.1, 0.15) is 35.4 Å². The molecule has 1 aliphatic rings. The highest BCUT2D eigenvalue weighted by atomic mass is 35.5. The molecule has 0 aliphatic heterocycles. The number of hydrogen-bond donors (Lipinski definition) is 1. The minimum absolute atomic E-state index is 0.380. The lowest BCUT2D eigenvalue weighted by molar-refractivity contribution is 0.709. The van der Waals surface area contributed by atoms with Gasteiger partial charge in [-0.3, -0.25) is 0 Å². The molecule has 0 radical (unpaired) electrons. The van der Waals surface area contributed by atoms with E-state index < -0.39 is 0 Å². The Labute approximate surface area is 135 Å². The molecule has 0 spiro atoms. The monoisotopic (exact) mass is 317 g/mol. The average Bonchev–Trinajstić information content (AvgIpc) is 2.51. The van der Waals surface area contributed by atoms with Crippen LogP contribution in [0.15, 0.2) is 48.7 Å². The Balaban J connectivity index is 2.07. The van der Waals surface area contributed by atoms with Crippen molar-refractivity contribution in [1.29, 1.82) is 0 Å². The van der Waals surface area contributed by atoms with E-state index >= 15 is 0 Å². The molecule has 3 rings (SSSR count). The summed E-state index contributed by atoms with van der Waals surface area (Å²) in [7, 11) is 1.95. The molecule has 0 saturated carbocycles. The second-order valence-electron chi connectivity index (χ2n) is 5.31. The third kappa shape index (κ3) is 2.81. The fraction of sp³-hybridized carbons (Fsp3) is 0.222. The zero-order valence-corrected chi connectivity index (χ0v) is 13.4. The van der Waals surface area contributed by atoms with Gasteiger partial charge in [0.1, 0.15) is 0 Å². The molecule has 0 aromatic heterocycles. The maximum atomic E-state index is 6.19. The highest BCUT2D eigenvalue weighted by Gasteiger charge is 2.24. The Kier molecular flexibility index (Phi) is 4.23. The Morgan fingerprint density at radius 3 is 2.67 bits per heavy atom. The zero-order chi connectivity index (χ0) is 14.8. The first-order valence-electron chi connectivity index (χ1n) is 7.11. The van der Waals surface area contributed by atoms with E-state index in [-0.39, 0.29) is 0 Å². The molecule has 0 fully saturated rings. The lowest BCUT2D eigenvalue weighted by atomic mass is 9.77. The molecular weight excluding hydrogens is 301 g/mol. The van der Waals surface area contributed by atoms with Crippen molar-refractivity contribution in [2.24, 2.45) is 0 Å². The second-order valence-corrected chi connectivity index (χ2v) is 6.12. The third-order valence-corrected chi connectivity index (χ3v) is 4.79. The van der Waals surface area contributed by atoms with E-state index in [1.54, 1.807) is 0 Å². The van der Waals surface area contributed by atoms with Crippen molar-refractivity contribution in [2.45, 2.75) is 18.8 Å². The first-order valence-corrected chi connectivity index (χ1v) is 7.87. The molecular formula is C18H17Cl2N. The van der Waals surface area contributed by atoms with Crippen LogP contribution in [0.2, 0.25) is 10.0 Å². The maximum Gasteiger partial charge on any atom is 0.0595 e. The van der Waals surface area contributed by atoms with E-state index in [2.05, 4.69) is 41.8 Å². The van der Waals surface area contributed by atoms with Gasteiger partial charge in [0.05, 0.1) is 10.0 Å². The van der Waals surface area contributed by atoms with Crippen molar-refractivity contribution >= 4 is 28.8 Å². The molecule has 3 heteroatoms. The van der Waals surface area contributed by atoms with Crippen LogP contribution in [0.3, 0.4) is 0 Å². The highest BCUT2D eigenvalue weighted by molar-refractivity contribution is 6.42. The van der Waals surface area contributed by atoms with Gasteiger partial charge in [0, 0.05) is 19.2 Å².